The first kappa shape index (κ1) is 26.6. The summed E-state index contributed by atoms with van der Waals surface area (Å²) in [6, 6.07) is 7.53. The number of aromatic nitrogens is 2. The van der Waals surface area contributed by atoms with E-state index in [1.807, 2.05) is 19.1 Å². The molecule has 11 heteroatoms. The quantitative estimate of drug-likeness (QED) is 0.489. The lowest BCUT2D eigenvalue weighted by molar-refractivity contribution is -0.137. The number of aryl methyl sites for hydroxylation is 1. The van der Waals surface area contributed by atoms with Crippen molar-refractivity contribution < 1.29 is 27.9 Å². The molecule has 1 atom stereocenters. The smallest absolute Gasteiger partial charge is 0.393 e. The van der Waals surface area contributed by atoms with Crippen LogP contribution in [0, 0.1) is 6.92 Å². The van der Waals surface area contributed by atoms with Gasteiger partial charge >= 0.3 is 6.18 Å². The third kappa shape index (κ3) is 5.44. The van der Waals surface area contributed by atoms with Gasteiger partial charge in [-0.05, 0) is 61.6 Å². The van der Waals surface area contributed by atoms with Gasteiger partial charge in [0.25, 0.3) is 5.91 Å². The highest BCUT2D eigenvalue weighted by Gasteiger charge is 2.38. The Morgan fingerprint density at radius 3 is 2.49 bits per heavy atom. The number of aliphatic hydroxyl groups is 1. The number of primary amides is 1. The number of nitrogens with zero attached hydrogens (tertiary/aromatic N) is 4. The number of carbonyl (C=O) groups is 2. The molecule has 1 saturated heterocycles. The van der Waals surface area contributed by atoms with E-state index in [2.05, 4.69) is 14.9 Å². The summed E-state index contributed by atoms with van der Waals surface area (Å²) >= 11 is 0. The summed E-state index contributed by atoms with van der Waals surface area (Å²) in [5.74, 6) is -0.909. The van der Waals surface area contributed by atoms with Crippen LogP contribution in [0.2, 0.25) is 0 Å². The monoisotopic (exact) mass is 539 g/mol. The van der Waals surface area contributed by atoms with E-state index in [0.29, 0.717) is 24.2 Å². The summed E-state index contributed by atoms with van der Waals surface area (Å²) < 4.78 is 40.2. The highest BCUT2D eigenvalue weighted by molar-refractivity contribution is 6.06. The molecule has 2 fully saturated rings. The highest BCUT2D eigenvalue weighted by Crippen LogP contribution is 2.37. The molecule has 8 nitrogen and oxygen atoms in total. The van der Waals surface area contributed by atoms with Crippen LogP contribution < -0.4 is 15.5 Å². The Balaban J connectivity index is 1.42. The number of aliphatic hydroxyl groups excluding tert-OH is 1. The molecule has 0 bridgehead atoms. The van der Waals surface area contributed by atoms with Gasteiger partial charge in [-0.25, -0.2) is 0 Å². The van der Waals surface area contributed by atoms with Crippen molar-refractivity contribution in [2.45, 2.75) is 50.4 Å². The number of pyridine rings is 2. The fourth-order valence-corrected chi connectivity index (χ4v) is 5.31. The maximum absolute atomic E-state index is 13.8. The summed E-state index contributed by atoms with van der Waals surface area (Å²) in [6.45, 7) is 3.31. The first-order chi connectivity index (χ1) is 18.5. The Bertz CT molecular complexity index is 1410. The lowest BCUT2D eigenvalue weighted by atomic mass is 9.86. The third-order valence-corrected chi connectivity index (χ3v) is 7.53. The first-order valence-electron chi connectivity index (χ1n) is 12.7. The normalized spacial score (nSPS) is 20.9. The van der Waals surface area contributed by atoms with Crippen molar-refractivity contribution in [1.82, 2.24) is 9.97 Å². The van der Waals surface area contributed by atoms with Crippen molar-refractivity contribution in [1.29, 1.82) is 0 Å². The summed E-state index contributed by atoms with van der Waals surface area (Å²) in [7, 11) is 0. The zero-order valence-electron chi connectivity index (χ0n) is 21.2. The van der Waals surface area contributed by atoms with Gasteiger partial charge in [0.1, 0.15) is 0 Å². The van der Waals surface area contributed by atoms with E-state index in [1.54, 1.807) is 18.3 Å². The number of hydrogen-bond acceptors (Lipinski definition) is 6. The molecule has 3 heterocycles. The third-order valence-electron chi connectivity index (χ3n) is 7.53. The lowest BCUT2D eigenvalue weighted by Gasteiger charge is -2.40. The summed E-state index contributed by atoms with van der Waals surface area (Å²) in [6.07, 6.45) is 1.21. The number of anilines is 2. The number of halogens is 3. The maximum atomic E-state index is 13.8. The van der Waals surface area contributed by atoms with Crippen molar-refractivity contribution in [2.24, 2.45) is 5.73 Å². The minimum absolute atomic E-state index is 0.0442. The van der Waals surface area contributed by atoms with Gasteiger partial charge in [-0.3, -0.25) is 19.6 Å². The second-order valence-electron chi connectivity index (χ2n) is 10.2. The fraction of sp³-hybridized carbons (Fsp3) is 0.357. The number of benzene rings is 1. The van der Waals surface area contributed by atoms with E-state index >= 15 is 0 Å². The van der Waals surface area contributed by atoms with Crippen molar-refractivity contribution in [3.8, 4) is 0 Å². The summed E-state index contributed by atoms with van der Waals surface area (Å²) in [4.78, 5) is 36.6. The van der Waals surface area contributed by atoms with Gasteiger partial charge in [-0.2, -0.15) is 13.2 Å². The van der Waals surface area contributed by atoms with Gasteiger partial charge in [0.15, 0.2) is 0 Å². The van der Waals surface area contributed by atoms with Crippen molar-refractivity contribution in [2.75, 3.05) is 22.9 Å². The molecule has 3 N–H and O–H groups in total. The Hall–Kier alpha value is -3.99. The van der Waals surface area contributed by atoms with Crippen molar-refractivity contribution in [3.05, 3.63) is 82.9 Å². The van der Waals surface area contributed by atoms with Gasteiger partial charge in [0.05, 0.1) is 41.0 Å². The maximum Gasteiger partial charge on any atom is 0.417 e. The van der Waals surface area contributed by atoms with E-state index < -0.39 is 35.7 Å². The molecule has 2 aliphatic rings. The minimum atomic E-state index is -4.60. The number of rotatable bonds is 6. The van der Waals surface area contributed by atoms with E-state index in [-0.39, 0.29) is 24.4 Å². The molecule has 2 amide bonds. The first-order valence-corrected chi connectivity index (χ1v) is 12.7. The predicted molar refractivity (Wildman–Crippen MR) is 139 cm³/mol. The number of carbonyl (C=O) groups excluding carboxylic acids is 2. The average molecular weight is 540 g/mol. The Labute approximate surface area is 223 Å². The predicted octanol–water partition coefficient (Wildman–Crippen LogP) is 4.07. The molecule has 1 aliphatic carbocycles. The van der Waals surface area contributed by atoms with Crippen molar-refractivity contribution in [3.63, 3.8) is 0 Å². The standard InChI is InChI=1S/C28H28F3N5O3/c1-16-2-3-17(7-25(16)18-4-5-35(15-18)22-6-19(26(32)38)11-33-13-22)27(39)36(21-9-24(37)10-21)23-8-20(12-34-14-23)28(29,30)31/h2-3,6-8,11-14,18,21,24,37H,4-5,9-10,15H2,1H3,(H2,32,38)/t18-,21?,24?/m1/s1. The molecule has 3 aromatic rings. The molecule has 0 spiro atoms. The fourth-order valence-electron chi connectivity index (χ4n) is 5.31. The van der Waals surface area contributed by atoms with E-state index in [0.717, 1.165) is 35.5 Å². The molecule has 0 radical (unpaired) electrons. The molecule has 1 aliphatic heterocycles. The minimum Gasteiger partial charge on any atom is -0.393 e. The van der Waals surface area contributed by atoms with Crippen LogP contribution in [0.15, 0.2) is 55.1 Å². The topological polar surface area (TPSA) is 113 Å². The van der Waals surface area contributed by atoms with Crippen LogP contribution in [0.5, 0.6) is 0 Å². The molecule has 39 heavy (non-hydrogen) atoms. The number of hydrogen-bond donors (Lipinski definition) is 2. The molecular weight excluding hydrogens is 511 g/mol. The van der Waals surface area contributed by atoms with E-state index in [4.69, 9.17) is 5.73 Å². The Kier molecular flexibility index (Phi) is 7.02. The molecule has 0 unspecified atom stereocenters. The number of alkyl halides is 3. The van der Waals surface area contributed by atoms with Gasteiger partial charge in [0, 0.05) is 43.0 Å². The van der Waals surface area contributed by atoms with Crippen LogP contribution >= 0.6 is 0 Å². The molecule has 1 saturated carbocycles. The van der Waals surface area contributed by atoms with Gasteiger partial charge in [0.2, 0.25) is 5.91 Å². The van der Waals surface area contributed by atoms with E-state index in [9.17, 15) is 27.9 Å². The molecule has 5 rings (SSSR count). The SMILES string of the molecule is Cc1ccc(C(=O)N(c2cncc(C(F)(F)F)c2)C2CC(O)C2)cc1[C@@H]1CCN(c2cncc(C(N)=O)c2)C1. The van der Waals surface area contributed by atoms with E-state index in [1.165, 1.54) is 17.3 Å². The number of amides is 2. The molecule has 2 aromatic heterocycles. The van der Waals surface area contributed by atoms with Crippen LogP contribution in [-0.4, -0.2) is 52.1 Å². The second-order valence-corrected chi connectivity index (χ2v) is 10.2. The second kappa shape index (κ2) is 10.3. The summed E-state index contributed by atoms with van der Waals surface area (Å²) in [5, 5.41) is 9.87. The molecular formula is C28H28F3N5O3. The highest BCUT2D eigenvalue weighted by atomic mass is 19.4. The Morgan fingerprint density at radius 2 is 1.79 bits per heavy atom. The van der Waals surface area contributed by atoms with Crippen LogP contribution in [0.1, 0.15) is 62.6 Å². The summed E-state index contributed by atoms with van der Waals surface area (Å²) in [5.41, 5.74) is 7.92. The van der Waals surface area contributed by atoms with Crippen LogP contribution in [0.25, 0.3) is 0 Å². The van der Waals surface area contributed by atoms with Crippen LogP contribution in [0.4, 0.5) is 24.5 Å². The van der Waals surface area contributed by atoms with Crippen LogP contribution in [-0.2, 0) is 6.18 Å². The Morgan fingerprint density at radius 1 is 1.05 bits per heavy atom. The largest absolute Gasteiger partial charge is 0.417 e. The van der Waals surface area contributed by atoms with Gasteiger partial charge in [-0.1, -0.05) is 6.07 Å². The molecule has 1 aromatic carbocycles. The zero-order valence-corrected chi connectivity index (χ0v) is 21.2. The van der Waals surface area contributed by atoms with Gasteiger partial charge < -0.3 is 20.6 Å². The van der Waals surface area contributed by atoms with Crippen LogP contribution in [0.3, 0.4) is 0 Å². The molecule has 204 valence electrons. The number of nitrogens with two attached hydrogens (primary N) is 1. The van der Waals surface area contributed by atoms with Gasteiger partial charge in [-0.15, -0.1) is 0 Å². The zero-order chi connectivity index (χ0) is 27.9. The lowest BCUT2D eigenvalue weighted by Crippen LogP contribution is -2.50. The average Bonchev–Trinajstić information content (AvgIpc) is 3.38. The van der Waals surface area contributed by atoms with Crippen molar-refractivity contribution >= 4 is 23.2 Å².